The standard InChI is InChI=1S/C25H18N4O/c30-24-22-15-6-7-16-23(22)27-25(29(24)20-12-2-1-3-13-20)28-26-17-19-11-8-10-18-9-4-5-14-21(18)19/h1-17H,(H,27,28)/b26-17-. The zero-order valence-corrected chi connectivity index (χ0v) is 16.1. The molecule has 0 bridgehead atoms. The van der Waals surface area contributed by atoms with E-state index in [1.807, 2.05) is 72.8 Å². The Morgan fingerprint density at radius 3 is 2.33 bits per heavy atom. The molecule has 5 rings (SSSR count). The third kappa shape index (κ3) is 3.22. The number of anilines is 1. The van der Waals surface area contributed by atoms with E-state index in [-0.39, 0.29) is 5.56 Å². The average Bonchev–Trinajstić information content (AvgIpc) is 2.80. The molecule has 1 N–H and O–H groups in total. The van der Waals surface area contributed by atoms with Gasteiger partial charge in [0.25, 0.3) is 5.56 Å². The molecule has 0 atom stereocenters. The number of aromatic nitrogens is 2. The Balaban J connectivity index is 1.60. The van der Waals surface area contributed by atoms with Crippen molar-refractivity contribution in [1.29, 1.82) is 0 Å². The fraction of sp³-hybridized carbons (Fsp3) is 0. The SMILES string of the molecule is O=c1c2ccccc2nc(N/N=C\c2cccc3ccccc23)n1-c1ccccc1. The van der Waals surface area contributed by atoms with Crippen LogP contribution in [0.15, 0.2) is 107 Å². The van der Waals surface area contributed by atoms with Crippen LogP contribution in [0.4, 0.5) is 5.95 Å². The Bertz CT molecular complexity index is 1430. The van der Waals surface area contributed by atoms with E-state index in [9.17, 15) is 4.79 Å². The van der Waals surface area contributed by atoms with Gasteiger partial charge in [-0.1, -0.05) is 72.8 Å². The summed E-state index contributed by atoms with van der Waals surface area (Å²) < 4.78 is 1.54. The number of rotatable bonds is 4. The first kappa shape index (κ1) is 17.8. The maximum absolute atomic E-state index is 13.2. The van der Waals surface area contributed by atoms with Crippen molar-refractivity contribution in [2.24, 2.45) is 5.10 Å². The minimum Gasteiger partial charge on any atom is -0.268 e. The first-order chi connectivity index (χ1) is 14.8. The van der Waals surface area contributed by atoms with Gasteiger partial charge < -0.3 is 0 Å². The summed E-state index contributed by atoms with van der Waals surface area (Å²) in [4.78, 5) is 17.8. The summed E-state index contributed by atoms with van der Waals surface area (Å²) in [6.45, 7) is 0. The molecular formula is C25H18N4O. The molecule has 0 fully saturated rings. The second kappa shape index (κ2) is 7.64. The molecule has 0 aliphatic rings. The zero-order valence-electron chi connectivity index (χ0n) is 16.1. The molecule has 4 aromatic carbocycles. The first-order valence-corrected chi connectivity index (χ1v) is 9.65. The van der Waals surface area contributed by atoms with Crippen LogP contribution in [-0.4, -0.2) is 15.8 Å². The number of para-hydroxylation sites is 2. The van der Waals surface area contributed by atoms with Gasteiger partial charge in [-0.25, -0.2) is 15.0 Å². The molecule has 5 nitrogen and oxygen atoms in total. The quantitative estimate of drug-likeness (QED) is 0.348. The maximum atomic E-state index is 13.2. The van der Waals surface area contributed by atoms with Crippen LogP contribution in [0.5, 0.6) is 0 Å². The van der Waals surface area contributed by atoms with Gasteiger partial charge in [-0.3, -0.25) is 4.79 Å². The molecule has 0 amide bonds. The lowest BCUT2D eigenvalue weighted by molar-refractivity contribution is 0.956. The van der Waals surface area contributed by atoms with Crippen LogP contribution in [-0.2, 0) is 0 Å². The molecule has 0 aliphatic heterocycles. The molecule has 1 heterocycles. The number of nitrogens with zero attached hydrogens (tertiary/aromatic N) is 3. The van der Waals surface area contributed by atoms with Crippen LogP contribution in [0.2, 0.25) is 0 Å². The number of fused-ring (bicyclic) bond motifs is 2. The molecule has 0 saturated heterocycles. The van der Waals surface area contributed by atoms with Crippen LogP contribution in [0.3, 0.4) is 0 Å². The van der Waals surface area contributed by atoms with E-state index >= 15 is 0 Å². The minimum absolute atomic E-state index is 0.144. The Morgan fingerprint density at radius 2 is 1.47 bits per heavy atom. The van der Waals surface area contributed by atoms with Gasteiger partial charge >= 0.3 is 0 Å². The van der Waals surface area contributed by atoms with Crippen molar-refractivity contribution in [3.8, 4) is 5.69 Å². The summed E-state index contributed by atoms with van der Waals surface area (Å²) in [5, 5.41) is 7.21. The molecule has 0 saturated carbocycles. The second-order valence-electron chi connectivity index (χ2n) is 6.87. The molecule has 144 valence electrons. The molecule has 0 unspecified atom stereocenters. The van der Waals surface area contributed by atoms with Gasteiger partial charge in [0.05, 0.1) is 22.8 Å². The maximum Gasteiger partial charge on any atom is 0.267 e. The summed E-state index contributed by atoms with van der Waals surface area (Å²) >= 11 is 0. The lowest BCUT2D eigenvalue weighted by atomic mass is 10.1. The smallest absolute Gasteiger partial charge is 0.267 e. The largest absolute Gasteiger partial charge is 0.268 e. The highest BCUT2D eigenvalue weighted by atomic mass is 16.1. The van der Waals surface area contributed by atoms with Crippen molar-refractivity contribution >= 4 is 33.8 Å². The summed E-state index contributed by atoms with van der Waals surface area (Å²) in [5.41, 5.74) is 5.17. The zero-order chi connectivity index (χ0) is 20.3. The average molecular weight is 390 g/mol. The van der Waals surface area contributed by atoms with Gasteiger partial charge in [-0.15, -0.1) is 0 Å². The molecule has 5 heteroatoms. The van der Waals surface area contributed by atoms with Gasteiger partial charge in [0.15, 0.2) is 0 Å². The van der Waals surface area contributed by atoms with Crippen LogP contribution < -0.4 is 11.0 Å². The third-order valence-electron chi connectivity index (χ3n) is 4.98. The van der Waals surface area contributed by atoms with Crippen molar-refractivity contribution in [2.75, 3.05) is 5.43 Å². The molecule has 30 heavy (non-hydrogen) atoms. The molecular weight excluding hydrogens is 372 g/mol. The van der Waals surface area contributed by atoms with Crippen LogP contribution in [0.1, 0.15) is 5.56 Å². The summed E-state index contributed by atoms with van der Waals surface area (Å²) in [6.07, 6.45) is 1.75. The highest BCUT2D eigenvalue weighted by Gasteiger charge is 2.12. The summed E-state index contributed by atoms with van der Waals surface area (Å²) in [6, 6.07) is 31.0. The van der Waals surface area contributed by atoms with Crippen molar-refractivity contribution in [3.63, 3.8) is 0 Å². The molecule has 0 radical (unpaired) electrons. The predicted octanol–water partition coefficient (Wildman–Crippen LogP) is 4.98. The van der Waals surface area contributed by atoms with E-state index in [4.69, 9.17) is 0 Å². The van der Waals surface area contributed by atoms with Crippen molar-refractivity contribution in [3.05, 3.63) is 113 Å². The summed E-state index contributed by atoms with van der Waals surface area (Å²) in [5.74, 6) is 0.362. The normalized spacial score (nSPS) is 11.3. The van der Waals surface area contributed by atoms with Gasteiger partial charge in [-0.05, 0) is 35.0 Å². The van der Waals surface area contributed by atoms with Crippen molar-refractivity contribution < 1.29 is 0 Å². The van der Waals surface area contributed by atoms with Gasteiger partial charge in [-0.2, -0.15) is 5.10 Å². The molecule has 1 aromatic heterocycles. The van der Waals surface area contributed by atoms with Gasteiger partial charge in [0.2, 0.25) is 5.95 Å². The Labute approximate surface area is 172 Å². The molecule has 5 aromatic rings. The predicted molar refractivity (Wildman–Crippen MR) is 123 cm³/mol. The van der Waals surface area contributed by atoms with Crippen molar-refractivity contribution in [2.45, 2.75) is 0 Å². The lowest BCUT2D eigenvalue weighted by Gasteiger charge is -2.12. The Hall–Kier alpha value is -4.25. The van der Waals surface area contributed by atoms with E-state index in [1.165, 1.54) is 0 Å². The Morgan fingerprint density at radius 1 is 0.767 bits per heavy atom. The lowest BCUT2D eigenvalue weighted by Crippen LogP contribution is -2.22. The van der Waals surface area contributed by atoms with Crippen LogP contribution >= 0.6 is 0 Å². The minimum atomic E-state index is -0.144. The van der Waals surface area contributed by atoms with E-state index in [2.05, 4.69) is 33.7 Å². The van der Waals surface area contributed by atoms with E-state index in [1.54, 1.807) is 16.8 Å². The number of nitrogens with one attached hydrogen (secondary N) is 1. The fourth-order valence-corrected chi connectivity index (χ4v) is 3.55. The topological polar surface area (TPSA) is 59.3 Å². The number of hydrogen-bond acceptors (Lipinski definition) is 4. The Kier molecular flexibility index (Phi) is 4.54. The van der Waals surface area contributed by atoms with Crippen LogP contribution in [0.25, 0.3) is 27.4 Å². The van der Waals surface area contributed by atoms with E-state index in [0.717, 1.165) is 22.0 Å². The summed E-state index contributed by atoms with van der Waals surface area (Å²) in [7, 11) is 0. The first-order valence-electron chi connectivity index (χ1n) is 9.65. The molecule has 0 spiro atoms. The van der Waals surface area contributed by atoms with E-state index < -0.39 is 0 Å². The van der Waals surface area contributed by atoms with Crippen LogP contribution in [0, 0.1) is 0 Å². The number of hydrazone groups is 1. The highest BCUT2D eigenvalue weighted by molar-refractivity contribution is 5.99. The van der Waals surface area contributed by atoms with E-state index in [0.29, 0.717) is 16.9 Å². The monoisotopic (exact) mass is 390 g/mol. The number of hydrogen-bond donors (Lipinski definition) is 1. The molecule has 0 aliphatic carbocycles. The van der Waals surface area contributed by atoms with Gasteiger partial charge in [0, 0.05) is 5.56 Å². The third-order valence-corrected chi connectivity index (χ3v) is 4.98. The fourth-order valence-electron chi connectivity index (χ4n) is 3.55. The second-order valence-corrected chi connectivity index (χ2v) is 6.87. The highest BCUT2D eigenvalue weighted by Crippen LogP contribution is 2.18. The van der Waals surface area contributed by atoms with Crippen molar-refractivity contribution in [1.82, 2.24) is 9.55 Å². The number of benzene rings is 4. The van der Waals surface area contributed by atoms with Gasteiger partial charge in [0.1, 0.15) is 0 Å².